The fourth-order valence-corrected chi connectivity index (χ4v) is 1.03. The van der Waals surface area contributed by atoms with Crippen molar-refractivity contribution in [3.8, 4) is 0 Å². The van der Waals surface area contributed by atoms with Gasteiger partial charge in [-0.3, -0.25) is 0 Å². The maximum atomic E-state index is 5.20. The lowest BCUT2D eigenvalue weighted by Gasteiger charge is -2.21. The molecule has 0 radical (unpaired) electrons. The molecule has 1 rings (SSSR count). The number of ether oxygens (including phenoxy) is 2. The topological polar surface area (TPSA) is 18.5 Å². The Morgan fingerprint density at radius 1 is 1.07 bits per heavy atom. The molecule has 0 saturated heterocycles. The molecule has 76 valence electrons. The summed E-state index contributed by atoms with van der Waals surface area (Å²) < 4.78 is 10.4. The number of hydrogen-bond acceptors (Lipinski definition) is 2. The van der Waals surface area contributed by atoms with E-state index in [9.17, 15) is 0 Å². The molecule has 0 saturated carbocycles. The molecule has 0 aliphatic heterocycles. The third-order valence-electron chi connectivity index (χ3n) is 2.19. The van der Waals surface area contributed by atoms with Crippen LogP contribution in [0.15, 0.2) is 36.4 Å². The Morgan fingerprint density at radius 3 is 2.14 bits per heavy atom. The molecular formula is C12H16O2. The van der Waals surface area contributed by atoms with Gasteiger partial charge in [0.05, 0.1) is 0 Å². The molecule has 2 heteroatoms. The summed E-state index contributed by atoms with van der Waals surface area (Å²) in [6.45, 7) is 1.87. The Labute approximate surface area is 85.2 Å². The fourth-order valence-electron chi connectivity index (χ4n) is 1.03. The maximum Gasteiger partial charge on any atom is 0.184 e. The van der Waals surface area contributed by atoms with Crippen molar-refractivity contribution in [2.45, 2.75) is 12.7 Å². The van der Waals surface area contributed by atoms with E-state index in [1.54, 1.807) is 14.2 Å². The molecule has 2 nitrogen and oxygen atoms in total. The first kappa shape index (κ1) is 11.0. The monoisotopic (exact) mass is 192 g/mol. The van der Waals surface area contributed by atoms with Crippen molar-refractivity contribution in [1.82, 2.24) is 0 Å². The molecule has 0 bridgehead atoms. The number of benzene rings is 1. The molecule has 0 unspecified atom stereocenters. The van der Waals surface area contributed by atoms with E-state index in [-0.39, 0.29) is 0 Å². The van der Waals surface area contributed by atoms with Crippen LogP contribution in [0.5, 0.6) is 0 Å². The molecule has 0 fully saturated rings. The SMILES string of the molecule is COC(C)(/C=C/c1ccccc1)OC. The number of methoxy groups -OCH3 is 2. The Balaban J connectivity index is 2.72. The van der Waals surface area contributed by atoms with E-state index in [1.807, 2.05) is 49.4 Å². The van der Waals surface area contributed by atoms with Crippen molar-refractivity contribution in [1.29, 1.82) is 0 Å². The minimum atomic E-state index is -0.643. The van der Waals surface area contributed by atoms with Crippen LogP contribution >= 0.6 is 0 Å². The maximum absolute atomic E-state index is 5.20. The predicted molar refractivity (Wildman–Crippen MR) is 57.9 cm³/mol. The highest BCUT2D eigenvalue weighted by molar-refractivity contribution is 5.49. The summed E-state index contributed by atoms with van der Waals surface area (Å²) in [5.74, 6) is -0.643. The van der Waals surface area contributed by atoms with Crippen molar-refractivity contribution in [2.75, 3.05) is 14.2 Å². The molecule has 14 heavy (non-hydrogen) atoms. The van der Waals surface area contributed by atoms with Gasteiger partial charge in [0, 0.05) is 14.2 Å². The van der Waals surface area contributed by atoms with Crippen LogP contribution in [0.1, 0.15) is 12.5 Å². The van der Waals surface area contributed by atoms with Gasteiger partial charge in [-0.25, -0.2) is 0 Å². The second-order valence-electron chi connectivity index (χ2n) is 3.17. The van der Waals surface area contributed by atoms with Crippen molar-refractivity contribution in [2.24, 2.45) is 0 Å². The highest BCUT2D eigenvalue weighted by Gasteiger charge is 2.17. The Hall–Kier alpha value is -1.12. The highest BCUT2D eigenvalue weighted by Crippen LogP contribution is 2.13. The van der Waals surface area contributed by atoms with E-state index in [0.717, 1.165) is 5.56 Å². The van der Waals surface area contributed by atoms with Crippen LogP contribution in [0.3, 0.4) is 0 Å². The quantitative estimate of drug-likeness (QED) is 0.683. The minimum Gasteiger partial charge on any atom is -0.350 e. The normalized spacial score (nSPS) is 12.2. The van der Waals surface area contributed by atoms with Gasteiger partial charge < -0.3 is 9.47 Å². The van der Waals surface area contributed by atoms with E-state index in [4.69, 9.17) is 9.47 Å². The standard InChI is InChI=1S/C12H16O2/c1-12(13-2,14-3)10-9-11-7-5-4-6-8-11/h4-10H,1-3H3/b10-9+. The Kier molecular flexibility index (Phi) is 3.86. The second-order valence-corrected chi connectivity index (χ2v) is 3.17. The van der Waals surface area contributed by atoms with Gasteiger partial charge in [-0.05, 0) is 18.6 Å². The van der Waals surface area contributed by atoms with E-state index < -0.39 is 5.79 Å². The van der Waals surface area contributed by atoms with E-state index >= 15 is 0 Å². The van der Waals surface area contributed by atoms with Crippen molar-refractivity contribution in [3.63, 3.8) is 0 Å². The van der Waals surface area contributed by atoms with Gasteiger partial charge in [0.15, 0.2) is 5.79 Å². The fraction of sp³-hybridized carbons (Fsp3) is 0.333. The molecule has 1 aromatic carbocycles. The van der Waals surface area contributed by atoms with Gasteiger partial charge in [-0.1, -0.05) is 36.4 Å². The zero-order valence-electron chi connectivity index (χ0n) is 8.86. The zero-order valence-corrected chi connectivity index (χ0v) is 8.86. The molecule has 0 aliphatic carbocycles. The average Bonchev–Trinajstić information content (AvgIpc) is 2.27. The first-order valence-electron chi connectivity index (χ1n) is 4.55. The molecule has 1 aromatic rings. The predicted octanol–water partition coefficient (Wildman–Crippen LogP) is 2.71. The lowest BCUT2D eigenvalue weighted by molar-refractivity contribution is -0.155. The highest BCUT2D eigenvalue weighted by atomic mass is 16.7. The molecule has 0 amide bonds. The van der Waals surface area contributed by atoms with Crippen LogP contribution in [0.25, 0.3) is 6.08 Å². The van der Waals surface area contributed by atoms with Crippen LogP contribution in [0.2, 0.25) is 0 Å². The van der Waals surface area contributed by atoms with Crippen LogP contribution in [-0.2, 0) is 9.47 Å². The summed E-state index contributed by atoms with van der Waals surface area (Å²) >= 11 is 0. The summed E-state index contributed by atoms with van der Waals surface area (Å²) in [6.07, 6.45) is 3.87. The molecule has 0 atom stereocenters. The molecular weight excluding hydrogens is 176 g/mol. The second kappa shape index (κ2) is 4.94. The van der Waals surface area contributed by atoms with Crippen LogP contribution < -0.4 is 0 Å². The van der Waals surface area contributed by atoms with E-state index in [1.165, 1.54) is 0 Å². The number of hydrogen-bond donors (Lipinski definition) is 0. The summed E-state index contributed by atoms with van der Waals surface area (Å²) in [5.41, 5.74) is 1.13. The minimum absolute atomic E-state index is 0.643. The average molecular weight is 192 g/mol. The van der Waals surface area contributed by atoms with Gasteiger partial charge in [-0.15, -0.1) is 0 Å². The van der Waals surface area contributed by atoms with Crippen LogP contribution in [0.4, 0.5) is 0 Å². The molecule has 0 heterocycles. The van der Waals surface area contributed by atoms with Gasteiger partial charge in [0.25, 0.3) is 0 Å². The summed E-state index contributed by atoms with van der Waals surface area (Å²) in [7, 11) is 3.25. The first-order valence-corrected chi connectivity index (χ1v) is 4.55. The Morgan fingerprint density at radius 2 is 1.64 bits per heavy atom. The van der Waals surface area contributed by atoms with Gasteiger partial charge >= 0.3 is 0 Å². The van der Waals surface area contributed by atoms with Gasteiger partial charge in [-0.2, -0.15) is 0 Å². The molecule has 0 spiro atoms. The third-order valence-corrected chi connectivity index (χ3v) is 2.19. The third kappa shape index (κ3) is 2.98. The summed E-state index contributed by atoms with van der Waals surface area (Å²) in [5, 5.41) is 0. The lowest BCUT2D eigenvalue weighted by atomic mass is 10.2. The van der Waals surface area contributed by atoms with Crippen molar-refractivity contribution < 1.29 is 9.47 Å². The molecule has 0 aliphatic rings. The summed E-state index contributed by atoms with van der Waals surface area (Å²) in [4.78, 5) is 0. The van der Waals surface area contributed by atoms with Crippen LogP contribution in [0, 0.1) is 0 Å². The lowest BCUT2D eigenvalue weighted by Crippen LogP contribution is -2.26. The Bertz CT molecular complexity index is 286. The van der Waals surface area contributed by atoms with E-state index in [0.29, 0.717) is 0 Å². The summed E-state index contributed by atoms with van der Waals surface area (Å²) in [6, 6.07) is 10.0. The smallest absolute Gasteiger partial charge is 0.184 e. The molecule has 0 aromatic heterocycles. The van der Waals surface area contributed by atoms with Gasteiger partial charge in [0.1, 0.15) is 0 Å². The molecule has 0 N–H and O–H groups in total. The first-order chi connectivity index (χ1) is 6.70. The number of rotatable bonds is 4. The van der Waals surface area contributed by atoms with Gasteiger partial charge in [0.2, 0.25) is 0 Å². The van der Waals surface area contributed by atoms with Crippen molar-refractivity contribution in [3.05, 3.63) is 42.0 Å². The zero-order chi connectivity index (χ0) is 10.4. The van der Waals surface area contributed by atoms with Crippen molar-refractivity contribution >= 4 is 6.08 Å². The van der Waals surface area contributed by atoms with Crippen LogP contribution in [-0.4, -0.2) is 20.0 Å². The largest absolute Gasteiger partial charge is 0.350 e. The van der Waals surface area contributed by atoms with E-state index in [2.05, 4.69) is 0 Å².